The van der Waals surface area contributed by atoms with Crippen molar-refractivity contribution >= 4 is 104 Å². The van der Waals surface area contributed by atoms with Gasteiger partial charge in [0.1, 0.15) is 23.9 Å². The summed E-state index contributed by atoms with van der Waals surface area (Å²) in [6, 6.07) is 10.5. The van der Waals surface area contributed by atoms with E-state index in [0.29, 0.717) is 40.4 Å². The van der Waals surface area contributed by atoms with Crippen LogP contribution in [-0.4, -0.2) is 184 Å². The molecule has 109 heavy (non-hydrogen) atoms. The van der Waals surface area contributed by atoms with Gasteiger partial charge in [0.05, 0.1) is 43.7 Å². The van der Waals surface area contributed by atoms with Crippen LogP contribution in [0.2, 0.25) is 0 Å². The minimum atomic E-state index is -1.73. The van der Waals surface area contributed by atoms with Gasteiger partial charge >= 0.3 is 5.97 Å². The summed E-state index contributed by atoms with van der Waals surface area (Å²) in [6.07, 6.45) is 0.928. The molecule has 13 atom stereocenters. The Bertz CT molecular complexity index is 3950. The maximum Gasteiger partial charge on any atom is 0.331 e. The number of nitrogens with two attached hydrogens (primary N) is 4. The van der Waals surface area contributed by atoms with E-state index in [4.69, 9.17) is 27.7 Å². The van der Waals surface area contributed by atoms with Crippen LogP contribution in [0.4, 0.5) is 0 Å². The number of carbonyl (C=O) groups excluding carboxylic acids is 14. The van der Waals surface area contributed by atoms with Gasteiger partial charge < -0.3 is 90.4 Å². The lowest BCUT2D eigenvalue weighted by Gasteiger charge is -2.30. The summed E-state index contributed by atoms with van der Waals surface area (Å²) < 4.78 is 5.60. The number of cyclic esters (lactones) is 1. The topological polar surface area (TPSA) is 521 Å². The molecular formula is C78H110N14O17. The monoisotopic (exact) mass is 1510 g/mol. The number of aromatic amines is 2. The Labute approximate surface area is 633 Å². The van der Waals surface area contributed by atoms with Crippen LogP contribution in [0, 0.1) is 29.6 Å². The predicted molar refractivity (Wildman–Crippen MR) is 405 cm³/mol. The molecular weight excluding hydrogens is 1400 g/mol. The van der Waals surface area contributed by atoms with E-state index in [0.717, 1.165) is 17.3 Å². The third-order valence-corrected chi connectivity index (χ3v) is 20.1. The fourth-order valence-corrected chi connectivity index (χ4v) is 13.1. The first-order valence-electron chi connectivity index (χ1n) is 37.7. The molecule has 594 valence electrons. The molecule has 1 fully saturated rings. The number of benzene rings is 3. The molecule has 3 heterocycles. The Morgan fingerprint density at radius 3 is 1.67 bits per heavy atom. The normalized spacial score (nSPS) is 18.1. The molecule has 31 heteroatoms. The number of esters is 1. The number of Topliss-reactive ketones (excluding diaryl/α,β-unsaturated/α-hetero) is 4. The van der Waals surface area contributed by atoms with E-state index in [-0.39, 0.29) is 95.5 Å². The fraction of sp³-hybridized carbons (Fsp3) is 0.538. The number of phenolic OH excluding ortho intramolecular Hbond substituents is 1. The van der Waals surface area contributed by atoms with Crippen molar-refractivity contribution in [2.45, 2.75) is 205 Å². The summed E-state index contributed by atoms with van der Waals surface area (Å²) >= 11 is 0. The second-order valence-electron chi connectivity index (χ2n) is 28.5. The van der Waals surface area contributed by atoms with Crippen molar-refractivity contribution in [3.63, 3.8) is 0 Å². The van der Waals surface area contributed by atoms with Crippen molar-refractivity contribution in [2.75, 3.05) is 32.8 Å². The van der Waals surface area contributed by atoms with Crippen LogP contribution in [0.1, 0.15) is 154 Å². The number of aliphatic hydroxyl groups excluding tert-OH is 1. The Kier molecular flexibility index (Phi) is 35.6. The van der Waals surface area contributed by atoms with E-state index in [9.17, 15) is 72.5 Å². The number of phenols is 1. The molecule has 1 aliphatic heterocycles. The highest BCUT2D eigenvalue weighted by molar-refractivity contribution is 6.00. The first kappa shape index (κ1) is 87.7. The third-order valence-electron chi connectivity index (χ3n) is 20.1. The van der Waals surface area contributed by atoms with E-state index in [1.54, 1.807) is 68.7 Å². The first-order valence-corrected chi connectivity index (χ1v) is 37.7. The number of ether oxygens (including phenoxy) is 1. The molecule has 0 saturated carbocycles. The zero-order chi connectivity index (χ0) is 79.9. The Hall–Kier alpha value is -10.2. The zero-order valence-corrected chi connectivity index (χ0v) is 62.9. The molecule has 3 aromatic carbocycles. The van der Waals surface area contributed by atoms with E-state index in [1.807, 2.05) is 32.0 Å². The van der Waals surface area contributed by atoms with Crippen molar-refractivity contribution in [1.82, 2.24) is 52.5 Å². The molecule has 0 radical (unpaired) electrons. The lowest BCUT2D eigenvalue weighted by molar-refractivity contribution is -0.157. The van der Waals surface area contributed by atoms with Gasteiger partial charge in [-0.3, -0.25) is 62.3 Å². The number of fused-ring (bicyclic) bond motifs is 2. The lowest BCUT2D eigenvalue weighted by atomic mass is 9.88. The molecule has 5 aromatic rings. The molecule has 31 nitrogen and oxygen atoms in total. The van der Waals surface area contributed by atoms with E-state index < -0.39 is 206 Å². The number of rotatable bonds is 45. The van der Waals surface area contributed by atoms with Gasteiger partial charge in [-0.2, -0.15) is 0 Å². The van der Waals surface area contributed by atoms with E-state index in [1.165, 1.54) is 19.1 Å². The summed E-state index contributed by atoms with van der Waals surface area (Å²) in [5.74, 6) is -14.7. The number of para-hydroxylation sites is 2. The lowest BCUT2D eigenvalue weighted by Crippen LogP contribution is -2.60. The van der Waals surface area contributed by atoms with Crippen LogP contribution < -0.4 is 65.5 Å². The molecule has 0 bridgehead atoms. The summed E-state index contributed by atoms with van der Waals surface area (Å²) in [4.78, 5) is 203. The quantitative estimate of drug-likeness (QED) is 0.0247. The molecule has 6 rings (SSSR count). The van der Waals surface area contributed by atoms with Crippen molar-refractivity contribution in [2.24, 2.45) is 52.5 Å². The summed E-state index contributed by atoms with van der Waals surface area (Å²) in [7, 11) is 0. The number of ketones is 4. The van der Waals surface area contributed by atoms with Gasteiger partial charge in [0.25, 0.3) is 0 Å². The number of carbonyl (C=O) groups is 14. The van der Waals surface area contributed by atoms with Gasteiger partial charge in [-0.1, -0.05) is 89.1 Å². The maximum atomic E-state index is 15.1. The Morgan fingerprint density at radius 2 is 1.08 bits per heavy atom. The smallest absolute Gasteiger partial charge is 0.331 e. The van der Waals surface area contributed by atoms with Gasteiger partial charge in [-0.25, -0.2) is 4.79 Å². The molecule has 1 saturated heterocycles. The van der Waals surface area contributed by atoms with Crippen LogP contribution in [0.25, 0.3) is 21.8 Å². The summed E-state index contributed by atoms with van der Waals surface area (Å²) in [5.41, 5.74) is 26.7. The fourth-order valence-electron chi connectivity index (χ4n) is 13.1. The molecule has 1 unspecified atom stereocenters. The van der Waals surface area contributed by atoms with Crippen molar-refractivity contribution in [3.05, 3.63) is 102 Å². The second kappa shape index (κ2) is 44.3. The number of aromatic nitrogens is 2. The number of aliphatic hydroxyl groups is 1. The SMILES string of the molecule is CCC(C)CCC(=O)N[C@H](CC(N)=O)C(=O)C[C@H](Cc1ccc(O)cc1)C(=O)N[C@H](Cc1c[nH]c2ccccc12)C(=O)C[C@H](CCCN)C(=O)N[C@@H](CCCN)C(=O)CCC(=O)N[C@H](CCCN)C(=O)C[C@@H](Cc1c[nH]c2ccccc12)C(=O)N[C@@H]1C(=O)N[C@@H]([C@@H](C)CC)C(=O)NCC(=O)N[C@H](CO)C(=O)O[C@@H]1C. The molecule has 1 aliphatic rings. The van der Waals surface area contributed by atoms with Crippen LogP contribution in [0.3, 0.4) is 0 Å². The minimum absolute atomic E-state index is 0.0130. The standard InChI is InChI=1S/C78H110N14O17/c1-6-44(3)22-28-68(100)87-61(39-67(82)99)66(98)37-49(33-47-23-25-53(94)26-24-47)74(104)90-60(35-52-41-84-57-19-11-9-17-55(52)57)65(97)36-48(15-12-30-79)73(103)89-58(20-13-31-80)63(95)27-29-69(101)86-59(21-14-32-81)64(96)38-50(34-51-40-83-56-18-10-8-16-54(51)56)75(105)92-72-46(5)109-78(108)62(43-93)88-70(102)42-85-76(106)71(45(4)7-2)91-77(72)107/h8-11,16-19,23-26,40-41,44-46,48-50,58-62,71-72,83-84,93-94H,6-7,12-15,20-22,27-39,42-43,79-81H2,1-5H3,(H2,82,99)(H,85,106)(H,86,101)(H,87,100)(H,88,102)(H,89,103)(H,90,104)(H,91,107)(H,92,105)/t44?,45-,46+,48-,49-,50+,58-,59+,60+,61+,62+,71-,72-/m0/s1. The molecule has 9 amide bonds. The van der Waals surface area contributed by atoms with Crippen molar-refractivity contribution in [3.8, 4) is 5.75 Å². The molecule has 2 aromatic heterocycles. The first-order chi connectivity index (χ1) is 52.1. The number of H-pyrrole nitrogens is 2. The van der Waals surface area contributed by atoms with E-state index in [2.05, 4.69) is 52.5 Å². The van der Waals surface area contributed by atoms with Crippen LogP contribution in [-0.2, 0) is 91.1 Å². The van der Waals surface area contributed by atoms with Gasteiger partial charge in [0.15, 0.2) is 29.2 Å². The molecule has 0 spiro atoms. The number of nitrogens with one attached hydrogen (secondary N) is 10. The summed E-state index contributed by atoms with van der Waals surface area (Å²) in [5, 5.41) is 42.7. The zero-order valence-electron chi connectivity index (χ0n) is 62.9. The van der Waals surface area contributed by atoms with Crippen molar-refractivity contribution in [1.29, 1.82) is 0 Å². The highest BCUT2D eigenvalue weighted by Crippen LogP contribution is 2.27. The maximum absolute atomic E-state index is 15.1. The number of hydrogen-bond acceptors (Lipinski definition) is 20. The van der Waals surface area contributed by atoms with Crippen LogP contribution in [0.15, 0.2) is 85.2 Å². The Balaban J connectivity index is 1.22. The highest BCUT2D eigenvalue weighted by atomic mass is 16.5. The average Bonchev–Trinajstić information content (AvgIpc) is 1.72. The van der Waals surface area contributed by atoms with Gasteiger partial charge in [0.2, 0.25) is 53.2 Å². The number of primary amides is 1. The molecule has 20 N–H and O–H groups in total. The van der Waals surface area contributed by atoms with Gasteiger partial charge in [-0.05, 0) is 137 Å². The average molecular weight is 1520 g/mol. The number of hydrogen-bond donors (Lipinski definition) is 16. The Morgan fingerprint density at radius 1 is 0.560 bits per heavy atom. The van der Waals surface area contributed by atoms with E-state index >= 15 is 4.79 Å². The number of aromatic hydroxyl groups is 1. The van der Waals surface area contributed by atoms with Gasteiger partial charge in [0, 0.05) is 96.9 Å². The van der Waals surface area contributed by atoms with Crippen molar-refractivity contribution < 1.29 is 82.1 Å². The van der Waals surface area contributed by atoms with Crippen LogP contribution >= 0.6 is 0 Å². The second-order valence-corrected chi connectivity index (χ2v) is 28.5. The van der Waals surface area contributed by atoms with Crippen LogP contribution in [0.5, 0.6) is 5.75 Å². The largest absolute Gasteiger partial charge is 0.508 e. The number of amides is 9. The third kappa shape index (κ3) is 27.4. The minimum Gasteiger partial charge on any atom is -0.508 e. The van der Waals surface area contributed by atoms with Gasteiger partial charge in [-0.15, -0.1) is 0 Å². The summed E-state index contributed by atoms with van der Waals surface area (Å²) in [6.45, 7) is 7.41. The molecule has 0 aliphatic carbocycles. The predicted octanol–water partition coefficient (Wildman–Crippen LogP) is 1.87. The highest BCUT2D eigenvalue weighted by Gasteiger charge is 2.40.